The van der Waals surface area contributed by atoms with E-state index in [4.69, 9.17) is 4.74 Å². The van der Waals surface area contributed by atoms with Crippen molar-refractivity contribution < 1.29 is 30.1 Å². The van der Waals surface area contributed by atoms with Crippen molar-refractivity contribution in [2.45, 2.75) is 36.6 Å². The highest BCUT2D eigenvalue weighted by Gasteiger charge is 2.50. The Morgan fingerprint density at radius 3 is 2.50 bits per heavy atom. The molecule has 130 valence electrons. The third kappa shape index (κ3) is 2.44. The van der Waals surface area contributed by atoms with E-state index in [9.17, 15) is 30.5 Å². The maximum absolute atomic E-state index is 10.8. The van der Waals surface area contributed by atoms with Crippen molar-refractivity contribution in [2.75, 3.05) is 7.11 Å². The number of nitrogens with zero attached hydrogens (tertiary/aromatic N) is 3. The zero-order chi connectivity index (χ0) is 17.6. The van der Waals surface area contributed by atoms with Crippen LogP contribution in [-0.4, -0.2) is 72.8 Å². The van der Waals surface area contributed by atoms with Crippen molar-refractivity contribution in [1.29, 1.82) is 0 Å². The first-order valence-electron chi connectivity index (χ1n) is 7.23. The van der Waals surface area contributed by atoms with Crippen LogP contribution in [0.3, 0.4) is 0 Å². The number of fused-ring (bicyclic) bond motifs is 1. The molecule has 1 saturated carbocycles. The molecule has 0 unspecified atom stereocenters. The third-order valence-electron chi connectivity index (χ3n) is 4.42. The monoisotopic (exact) mass is 339 g/mol. The SMILES string of the molecule is CO[C@H]1[C@@H](O)[C@H](n2ncc3cc([N+](=O)[O-])ccc32)[C@@H](O)[C@H](O)[C@@H]1O. The average molecular weight is 339 g/mol. The third-order valence-corrected chi connectivity index (χ3v) is 4.42. The summed E-state index contributed by atoms with van der Waals surface area (Å²) in [6.07, 6.45) is -5.60. The molecule has 1 aromatic heterocycles. The quantitative estimate of drug-likeness (QED) is 0.409. The maximum atomic E-state index is 10.8. The standard InChI is InChI=1S/C14H17N3O7/c1-24-14-11(19)9(10(18)12(20)13(14)21)16-8-3-2-7(17(22)23)4-6(8)5-15-16/h2-5,9-14,18-21H,1H3/t9-,10-,11+,12+,13+,14+/m1/s1. The number of aliphatic hydroxyl groups is 4. The number of nitro benzene ring substituents is 1. The summed E-state index contributed by atoms with van der Waals surface area (Å²) in [6.45, 7) is 0. The maximum Gasteiger partial charge on any atom is 0.270 e. The summed E-state index contributed by atoms with van der Waals surface area (Å²) in [4.78, 5) is 10.3. The van der Waals surface area contributed by atoms with Crippen LogP contribution < -0.4 is 0 Å². The van der Waals surface area contributed by atoms with Crippen molar-refractivity contribution in [2.24, 2.45) is 0 Å². The number of methoxy groups -OCH3 is 1. The van der Waals surface area contributed by atoms with Crippen LogP contribution in [0.5, 0.6) is 0 Å². The number of hydrogen-bond donors (Lipinski definition) is 4. The molecule has 10 heteroatoms. The fourth-order valence-electron chi connectivity index (χ4n) is 3.16. The van der Waals surface area contributed by atoms with Crippen molar-refractivity contribution in [3.05, 3.63) is 34.5 Å². The second kappa shape index (κ2) is 6.07. The van der Waals surface area contributed by atoms with Gasteiger partial charge in [0.2, 0.25) is 0 Å². The molecule has 24 heavy (non-hydrogen) atoms. The van der Waals surface area contributed by atoms with Crippen LogP contribution >= 0.6 is 0 Å². The van der Waals surface area contributed by atoms with E-state index in [1.54, 1.807) is 0 Å². The van der Waals surface area contributed by atoms with E-state index in [-0.39, 0.29) is 5.69 Å². The lowest BCUT2D eigenvalue weighted by Gasteiger charge is -2.43. The lowest BCUT2D eigenvalue weighted by atomic mass is 9.83. The fraction of sp³-hybridized carbons (Fsp3) is 0.500. The van der Waals surface area contributed by atoms with Crippen LogP contribution in [-0.2, 0) is 4.74 Å². The van der Waals surface area contributed by atoms with Crippen molar-refractivity contribution >= 4 is 16.6 Å². The molecule has 0 saturated heterocycles. The minimum Gasteiger partial charge on any atom is -0.388 e. The predicted octanol–water partition coefficient (Wildman–Crippen LogP) is -1.04. The summed E-state index contributed by atoms with van der Waals surface area (Å²) < 4.78 is 6.30. The van der Waals surface area contributed by atoms with Gasteiger partial charge in [-0.15, -0.1) is 0 Å². The smallest absolute Gasteiger partial charge is 0.270 e. The zero-order valence-electron chi connectivity index (χ0n) is 12.6. The van der Waals surface area contributed by atoms with Crippen LogP contribution in [0, 0.1) is 10.1 Å². The minimum absolute atomic E-state index is 0.114. The molecule has 0 amide bonds. The van der Waals surface area contributed by atoms with Gasteiger partial charge in [0.25, 0.3) is 5.69 Å². The molecule has 4 N–H and O–H groups in total. The molecule has 1 aromatic carbocycles. The molecule has 0 aliphatic heterocycles. The lowest BCUT2D eigenvalue weighted by Crippen LogP contribution is -2.61. The van der Waals surface area contributed by atoms with E-state index in [0.717, 1.165) is 0 Å². The predicted molar refractivity (Wildman–Crippen MR) is 80.2 cm³/mol. The number of hydrogen-bond acceptors (Lipinski definition) is 8. The highest BCUT2D eigenvalue weighted by molar-refractivity contribution is 5.81. The summed E-state index contributed by atoms with van der Waals surface area (Å²) in [7, 11) is 1.27. The van der Waals surface area contributed by atoms with Gasteiger partial charge in [0.05, 0.1) is 16.6 Å². The molecule has 10 nitrogen and oxygen atoms in total. The van der Waals surface area contributed by atoms with E-state index in [1.165, 1.54) is 36.2 Å². The molecule has 1 aliphatic carbocycles. The molecule has 0 bridgehead atoms. The lowest BCUT2D eigenvalue weighted by molar-refractivity contribution is -0.384. The Kier molecular flexibility index (Phi) is 4.24. The zero-order valence-corrected chi connectivity index (χ0v) is 12.6. The molecule has 1 fully saturated rings. The van der Waals surface area contributed by atoms with Gasteiger partial charge in [-0.25, -0.2) is 0 Å². The van der Waals surface area contributed by atoms with Crippen LogP contribution in [0.15, 0.2) is 24.4 Å². The van der Waals surface area contributed by atoms with Gasteiger partial charge in [-0.1, -0.05) is 0 Å². The largest absolute Gasteiger partial charge is 0.388 e. The minimum atomic E-state index is -1.54. The Morgan fingerprint density at radius 2 is 1.88 bits per heavy atom. The molecule has 2 aromatic rings. The van der Waals surface area contributed by atoms with E-state index in [0.29, 0.717) is 10.9 Å². The van der Waals surface area contributed by atoms with Crippen LogP contribution in [0.25, 0.3) is 10.9 Å². The first kappa shape index (κ1) is 16.7. The summed E-state index contributed by atoms with van der Waals surface area (Å²) in [5, 5.41) is 56.0. The van der Waals surface area contributed by atoms with Crippen molar-refractivity contribution in [3.63, 3.8) is 0 Å². The number of rotatable bonds is 3. The van der Waals surface area contributed by atoms with Gasteiger partial charge in [0.1, 0.15) is 36.6 Å². The highest BCUT2D eigenvalue weighted by atomic mass is 16.6. The fourth-order valence-corrected chi connectivity index (χ4v) is 3.16. The van der Waals surface area contributed by atoms with Crippen LogP contribution in [0.2, 0.25) is 0 Å². The van der Waals surface area contributed by atoms with Gasteiger partial charge in [0.15, 0.2) is 0 Å². The normalized spacial score (nSPS) is 33.7. The van der Waals surface area contributed by atoms with E-state index < -0.39 is 41.5 Å². The number of nitro groups is 1. The molecular formula is C14H17N3O7. The van der Waals surface area contributed by atoms with E-state index in [1.807, 2.05) is 0 Å². The summed E-state index contributed by atoms with van der Waals surface area (Å²) in [5.41, 5.74) is 0.319. The molecule has 3 rings (SSSR count). The number of ether oxygens (including phenoxy) is 1. The Hall–Kier alpha value is -2.11. The molecule has 0 spiro atoms. The number of non-ortho nitro benzene ring substituents is 1. The number of aromatic nitrogens is 2. The second-order valence-corrected chi connectivity index (χ2v) is 5.74. The van der Waals surface area contributed by atoms with Gasteiger partial charge in [-0.05, 0) is 6.07 Å². The van der Waals surface area contributed by atoms with Gasteiger partial charge in [0, 0.05) is 24.6 Å². The molecule has 0 radical (unpaired) electrons. The Morgan fingerprint density at radius 1 is 1.17 bits per heavy atom. The average Bonchev–Trinajstić information content (AvgIpc) is 2.96. The summed E-state index contributed by atoms with van der Waals surface area (Å²) in [6, 6.07) is 2.95. The molecule has 6 atom stereocenters. The van der Waals surface area contributed by atoms with Crippen molar-refractivity contribution in [1.82, 2.24) is 9.78 Å². The first-order chi connectivity index (χ1) is 11.4. The highest BCUT2D eigenvalue weighted by Crippen LogP contribution is 2.34. The molecule has 1 heterocycles. The van der Waals surface area contributed by atoms with Crippen LogP contribution in [0.4, 0.5) is 5.69 Å². The van der Waals surface area contributed by atoms with Gasteiger partial charge in [-0.3, -0.25) is 14.8 Å². The Balaban J connectivity index is 2.06. The van der Waals surface area contributed by atoms with Crippen molar-refractivity contribution in [3.8, 4) is 0 Å². The van der Waals surface area contributed by atoms with E-state index >= 15 is 0 Å². The van der Waals surface area contributed by atoms with Gasteiger partial charge in [-0.2, -0.15) is 5.10 Å². The second-order valence-electron chi connectivity index (χ2n) is 5.74. The number of aliphatic hydroxyl groups excluding tert-OH is 4. The van der Waals surface area contributed by atoms with Crippen LogP contribution in [0.1, 0.15) is 6.04 Å². The number of benzene rings is 1. The first-order valence-corrected chi connectivity index (χ1v) is 7.23. The Bertz CT molecular complexity index is 764. The Labute approximate surface area is 135 Å². The van der Waals surface area contributed by atoms with Gasteiger partial charge >= 0.3 is 0 Å². The molecule has 1 aliphatic rings. The van der Waals surface area contributed by atoms with Gasteiger partial charge < -0.3 is 25.2 Å². The summed E-state index contributed by atoms with van der Waals surface area (Å²) >= 11 is 0. The topological polar surface area (TPSA) is 151 Å². The summed E-state index contributed by atoms with van der Waals surface area (Å²) in [5.74, 6) is 0. The molecular weight excluding hydrogens is 322 g/mol. The van der Waals surface area contributed by atoms with E-state index in [2.05, 4.69) is 5.10 Å².